The summed E-state index contributed by atoms with van der Waals surface area (Å²) in [5, 5.41) is 2.87. The van der Waals surface area contributed by atoms with Crippen LogP contribution in [0.4, 0.5) is 11.4 Å². The van der Waals surface area contributed by atoms with E-state index in [9.17, 15) is 4.79 Å². The van der Waals surface area contributed by atoms with Crippen LogP contribution in [0.1, 0.15) is 37.6 Å². The Hall–Kier alpha value is -1.71. The number of hydrogen-bond acceptors (Lipinski definition) is 3. The van der Waals surface area contributed by atoms with Crippen molar-refractivity contribution in [1.82, 2.24) is 5.32 Å². The van der Waals surface area contributed by atoms with Gasteiger partial charge in [-0.15, -0.1) is 0 Å². The SMILES string of the molecule is CCNC(=O)c1ccc(N)cc1N1CCC(C(C)C)C1. The first-order valence-electron chi connectivity index (χ1n) is 7.45. The zero-order chi connectivity index (χ0) is 14.7. The van der Waals surface area contributed by atoms with E-state index in [1.54, 1.807) is 6.07 Å². The molecule has 3 N–H and O–H groups in total. The molecule has 1 saturated heterocycles. The number of amides is 1. The van der Waals surface area contributed by atoms with Gasteiger partial charge < -0.3 is 16.0 Å². The van der Waals surface area contributed by atoms with Gasteiger partial charge in [0.1, 0.15) is 0 Å². The third-order valence-corrected chi connectivity index (χ3v) is 4.11. The number of nitrogen functional groups attached to an aromatic ring is 1. The van der Waals surface area contributed by atoms with Gasteiger partial charge in [-0.3, -0.25) is 4.79 Å². The predicted molar refractivity (Wildman–Crippen MR) is 84.0 cm³/mol. The van der Waals surface area contributed by atoms with E-state index in [0.29, 0.717) is 24.1 Å². The molecule has 2 rings (SSSR count). The highest BCUT2D eigenvalue weighted by Gasteiger charge is 2.27. The van der Waals surface area contributed by atoms with Crippen molar-refractivity contribution in [2.45, 2.75) is 27.2 Å². The Bertz CT molecular complexity index is 485. The van der Waals surface area contributed by atoms with Gasteiger partial charge in [-0.1, -0.05) is 13.8 Å². The third-order valence-electron chi connectivity index (χ3n) is 4.11. The molecule has 1 aliphatic rings. The molecule has 20 heavy (non-hydrogen) atoms. The van der Waals surface area contributed by atoms with Gasteiger partial charge in [-0.05, 0) is 43.4 Å². The zero-order valence-corrected chi connectivity index (χ0v) is 12.6. The molecule has 0 aliphatic carbocycles. The largest absolute Gasteiger partial charge is 0.399 e. The van der Waals surface area contributed by atoms with Crippen LogP contribution in [0.3, 0.4) is 0 Å². The fraction of sp³-hybridized carbons (Fsp3) is 0.562. The first kappa shape index (κ1) is 14.7. The van der Waals surface area contributed by atoms with Gasteiger partial charge in [-0.25, -0.2) is 0 Å². The summed E-state index contributed by atoms with van der Waals surface area (Å²) in [6.45, 7) is 9.10. The molecule has 1 aromatic rings. The lowest BCUT2D eigenvalue weighted by molar-refractivity contribution is 0.0956. The van der Waals surface area contributed by atoms with E-state index in [-0.39, 0.29) is 5.91 Å². The maximum absolute atomic E-state index is 12.2. The number of hydrogen-bond donors (Lipinski definition) is 2. The summed E-state index contributed by atoms with van der Waals surface area (Å²) in [6, 6.07) is 5.55. The van der Waals surface area contributed by atoms with Gasteiger partial charge in [0.05, 0.1) is 11.3 Å². The molecular formula is C16H25N3O. The van der Waals surface area contributed by atoms with E-state index in [1.165, 1.54) is 6.42 Å². The summed E-state index contributed by atoms with van der Waals surface area (Å²) < 4.78 is 0. The van der Waals surface area contributed by atoms with Gasteiger partial charge >= 0.3 is 0 Å². The molecule has 1 unspecified atom stereocenters. The minimum absolute atomic E-state index is 0.0181. The van der Waals surface area contributed by atoms with Crippen molar-refractivity contribution in [3.8, 4) is 0 Å². The summed E-state index contributed by atoms with van der Waals surface area (Å²) >= 11 is 0. The lowest BCUT2D eigenvalue weighted by atomic mass is 9.95. The van der Waals surface area contributed by atoms with E-state index < -0.39 is 0 Å². The van der Waals surface area contributed by atoms with Crippen molar-refractivity contribution < 1.29 is 4.79 Å². The van der Waals surface area contributed by atoms with Crippen molar-refractivity contribution in [3.05, 3.63) is 23.8 Å². The molecule has 0 aromatic heterocycles. The lowest BCUT2D eigenvalue weighted by Crippen LogP contribution is -2.28. The molecule has 1 fully saturated rings. The number of nitrogens with zero attached hydrogens (tertiary/aromatic N) is 1. The van der Waals surface area contributed by atoms with E-state index in [1.807, 2.05) is 19.1 Å². The Kier molecular flexibility index (Phi) is 4.53. The monoisotopic (exact) mass is 275 g/mol. The molecule has 1 heterocycles. The number of nitrogens with two attached hydrogens (primary N) is 1. The second kappa shape index (κ2) is 6.16. The van der Waals surface area contributed by atoms with Crippen LogP contribution in [0, 0.1) is 11.8 Å². The van der Waals surface area contributed by atoms with Crippen LogP contribution in [-0.2, 0) is 0 Å². The van der Waals surface area contributed by atoms with Crippen LogP contribution in [-0.4, -0.2) is 25.5 Å². The average Bonchev–Trinajstić information content (AvgIpc) is 2.88. The zero-order valence-electron chi connectivity index (χ0n) is 12.6. The Morgan fingerprint density at radius 3 is 2.85 bits per heavy atom. The number of carbonyl (C=O) groups excluding carboxylic acids is 1. The first-order valence-corrected chi connectivity index (χ1v) is 7.45. The molecule has 1 atom stereocenters. The standard InChI is InChI=1S/C16H25N3O/c1-4-18-16(20)14-6-5-13(17)9-15(14)19-8-7-12(10-19)11(2)3/h5-6,9,11-12H,4,7-8,10,17H2,1-3H3,(H,18,20). The van der Waals surface area contributed by atoms with Gasteiger partial charge in [0.15, 0.2) is 0 Å². The predicted octanol–water partition coefficient (Wildman–Crippen LogP) is 2.50. The third kappa shape index (κ3) is 3.06. The first-order chi connectivity index (χ1) is 9.52. The minimum Gasteiger partial charge on any atom is -0.399 e. The smallest absolute Gasteiger partial charge is 0.253 e. The maximum atomic E-state index is 12.2. The average molecular weight is 275 g/mol. The van der Waals surface area contributed by atoms with Crippen molar-refractivity contribution in [1.29, 1.82) is 0 Å². The fourth-order valence-electron chi connectivity index (χ4n) is 2.81. The molecule has 4 heteroatoms. The second-order valence-corrected chi connectivity index (χ2v) is 5.87. The highest BCUT2D eigenvalue weighted by Crippen LogP contribution is 2.31. The molecule has 0 radical (unpaired) electrons. The quantitative estimate of drug-likeness (QED) is 0.830. The normalized spacial score (nSPS) is 18.6. The topological polar surface area (TPSA) is 58.4 Å². The van der Waals surface area contributed by atoms with Crippen LogP contribution in [0.15, 0.2) is 18.2 Å². The van der Waals surface area contributed by atoms with Crippen molar-refractivity contribution in [2.75, 3.05) is 30.3 Å². The van der Waals surface area contributed by atoms with Crippen LogP contribution < -0.4 is 16.0 Å². The van der Waals surface area contributed by atoms with E-state index in [2.05, 4.69) is 24.1 Å². The summed E-state index contributed by atoms with van der Waals surface area (Å²) in [5.74, 6) is 1.35. The molecular weight excluding hydrogens is 250 g/mol. The Morgan fingerprint density at radius 2 is 2.25 bits per heavy atom. The maximum Gasteiger partial charge on any atom is 0.253 e. The van der Waals surface area contributed by atoms with Crippen molar-refractivity contribution >= 4 is 17.3 Å². The van der Waals surface area contributed by atoms with E-state index >= 15 is 0 Å². The highest BCUT2D eigenvalue weighted by atomic mass is 16.1. The Morgan fingerprint density at radius 1 is 1.50 bits per heavy atom. The number of anilines is 2. The number of benzene rings is 1. The molecule has 1 aromatic carbocycles. The second-order valence-electron chi connectivity index (χ2n) is 5.87. The molecule has 1 aliphatic heterocycles. The molecule has 110 valence electrons. The number of nitrogens with one attached hydrogen (secondary N) is 1. The van der Waals surface area contributed by atoms with Crippen LogP contribution in [0.5, 0.6) is 0 Å². The van der Waals surface area contributed by atoms with E-state index in [4.69, 9.17) is 5.73 Å². The van der Waals surface area contributed by atoms with Crippen LogP contribution in [0.2, 0.25) is 0 Å². The number of carbonyl (C=O) groups is 1. The summed E-state index contributed by atoms with van der Waals surface area (Å²) in [4.78, 5) is 14.5. The molecule has 1 amide bonds. The molecule has 0 spiro atoms. The molecule has 0 bridgehead atoms. The van der Waals surface area contributed by atoms with Gasteiger partial charge in [0, 0.05) is 25.3 Å². The van der Waals surface area contributed by atoms with Gasteiger partial charge in [0.2, 0.25) is 0 Å². The minimum atomic E-state index is -0.0181. The summed E-state index contributed by atoms with van der Waals surface area (Å²) in [5.41, 5.74) is 8.31. The van der Waals surface area contributed by atoms with Crippen molar-refractivity contribution in [2.24, 2.45) is 11.8 Å². The highest BCUT2D eigenvalue weighted by molar-refractivity contribution is 6.00. The van der Waals surface area contributed by atoms with Crippen LogP contribution in [0.25, 0.3) is 0 Å². The van der Waals surface area contributed by atoms with Gasteiger partial charge in [-0.2, -0.15) is 0 Å². The number of rotatable bonds is 4. The van der Waals surface area contributed by atoms with Crippen molar-refractivity contribution in [3.63, 3.8) is 0 Å². The summed E-state index contributed by atoms with van der Waals surface area (Å²) in [6.07, 6.45) is 1.18. The molecule has 0 saturated carbocycles. The Balaban J connectivity index is 2.26. The fourth-order valence-corrected chi connectivity index (χ4v) is 2.81. The lowest BCUT2D eigenvalue weighted by Gasteiger charge is -2.23. The van der Waals surface area contributed by atoms with Crippen LogP contribution >= 0.6 is 0 Å². The summed E-state index contributed by atoms with van der Waals surface area (Å²) in [7, 11) is 0. The van der Waals surface area contributed by atoms with E-state index in [0.717, 1.165) is 24.3 Å². The molecule has 4 nitrogen and oxygen atoms in total. The van der Waals surface area contributed by atoms with Gasteiger partial charge in [0.25, 0.3) is 5.91 Å². The Labute approximate surface area is 121 Å².